The van der Waals surface area contributed by atoms with Gasteiger partial charge in [0.25, 0.3) is 28.9 Å². The number of fused-ring (bicyclic) bond motifs is 4. The van der Waals surface area contributed by atoms with Crippen LogP contribution in [0.25, 0.3) is 65.9 Å². The van der Waals surface area contributed by atoms with Crippen molar-refractivity contribution in [2.45, 2.75) is 40.8 Å². The number of aromatic nitrogens is 8. The molecule has 0 unspecified atom stereocenters. The second-order valence-corrected chi connectivity index (χ2v) is 19.8. The first kappa shape index (κ1) is 69.8. The SMILES string of the molecule is C=O.CC(=O)O.CC(=O)OOC(C)=O.CC(=O)[O-].CN1CC(Cn2nc(C(=O)Nc3ccc(-c4n[nH]c(=O)c5ccccc45)cc3)c3ccccc32)C1.O=C(Nc1ccc(-c2n[nH]c(=O)c3ccccc23)cc1)c1nn(CC2CNC2)c2ccccc12.[B].[Na+]. The van der Waals surface area contributed by atoms with Crippen molar-refractivity contribution in [3.05, 3.63) is 178 Å². The van der Waals surface area contributed by atoms with Crippen LogP contribution in [0, 0.1) is 11.8 Å². The summed E-state index contributed by atoms with van der Waals surface area (Å²) in [6.45, 7) is 12.0. The molecular formula is C62H61BN12NaO13. The van der Waals surface area contributed by atoms with E-state index >= 15 is 0 Å². The third kappa shape index (κ3) is 18.8. The summed E-state index contributed by atoms with van der Waals surface area (Å²) in [4.78, 5) is 106. The van der Waals surface area contributed by atoms with Gasteiger partial charge in [-0.05, 0) is 62.5 Å². The average Bonchev–Trinajstić information content (AvgIpc) is 1.89. The van der Waals surface area contributed by atoms with Crippen molar-refractivity contribution < 1.29 is 83.1 Å². The topological polar surface area (TPSA) is 348 Å². The molecule has 2 fully saturated rings. The van der Waals surface area contributed by atoms with E-state index in [1.807, 2.05) is 150 Å². The van der Waals surface area contributed by atoms with Gasteiger partial charge in [-0.1, -0.05) is 97.1 Å². The molecule has 27 heteroatoms. The van der Waals surface area contributed by atoms with Crippen LogP contribution in [-0.2, 0) is 46.8 Å². The fraction of sp³-hybridized carbons (Fsp3) is 0.210. The van der Waals surface area contributed by atoms with E-state index < -0.39 is 23.9 Å². The Labute approximate surface area is 532 Å². The van der Waals surface area contributed by atoms with Gasteiger partial charge in [-0.15, -0.1) is 0 Å². The smallest absolute Gasteiger partial charge is 0.550 e. The molecule has 0 bridgehead atoms. The molecule has 4 aromatic heterocycles. The van der Waals surface area contributed by atoms with Crippen LogP contribution in [0.15, 0.2) is 155 Å². The number of hydrogen-bond donors (Lipinski definition) is 6. The molecule has 6 N–H and O–H groups in total. The second kappa shape index (κ2) is 33.2. The number of amides is 2. The second-order valence-electron chi connectivity index (χ2n) is 19.8. The number of rotatable bonds is 10. The standard InChI is InChI=1S/C27H24N6O2.C26H22N6O2.C4H6O4.2C2H4O2.CH2O.B.Na/c1-32-14-17(15-32)16-33-23-9-5-4-8-22(23)25(31-33)27(35)28-19-12-10-18(11-13-19)24-20-6-2-3-7-21(20)26(34)30-29-24;33-25-20-6-2-1-5-19(20)23(29-30-25)17-9-11-18(12-10-17)28-26(34)24-21-7-3-4-8-22(21)32(31-24)15-16-13-27-14-16;1-3(5)7-8-4(2)6;2*1-2(3)4;1-2;;/h2-13,17H,14-16H2,1H3,(H,28,35)(H,30,34);1-12,16,27H,13-15H2,(H,28,34)(H,30,33);1-2H3;2*1H3,(H,3,4);1H2;;/q;;;;;;;+1/p-1. The Kier molecular flexibility index (Phi) is 26.1. The van der Waals surface area contributed by atoms with E-state index in [2.05, 4.69) is 68.3 Å². The predicted molar refractivity (Wildman–Crippen MR) is 329 cm³/mol. The quantitative estimate of drug-likeness (QED) is 0.0651. The summed E-state index contributed by atoms with van der Waals surface area (Å²) in [5.74, 6) is -2.61. The first-order valence-electron chi connectivity index (χ1n) is 26.9. The Morgan fingerprint density at radius 2 is 0.888 bits per heavy atom. The molecule has 3 radical (unpaired) electrons. The normalized spacial score (nSPS) is 12.2. The monoisotopic (exact) mass is 1220 g/mol. The van der Waals surface area contributed by atoms with Crippen LogP contribution in [0.3, 0.4) is 0 Å². The number of carboxylic acid groups (broad SMARTS) is 2. The number of aromatic amines is 2. The Morgan fingerprint density at radius 1 is 0.562 bits per heavy atom. The molecule has 0 aliphatic carbocycles. The van der Waals surface area contributed by atoms with Gasteiger partial charge < -0.3 is 40.7 Å². The van der Waals surface area contributed by atoms with E-state index in [1.54, 1.807) is 12.1 Å². The molecule has 25 nitrogen and oxygen atoms in total. The summed E-state index contributed by atoms with van der Waals surface area (Å²) in [5.41, 5.74) is 6.71. The Bertz CT molecular complexity index is 4190. The fourth-order valence-corrected chi connectivity index (χ4v) is 9.37. The number of benzene rings is 6. The summed E-state index contributed by atoms with van der Waals surface area (Å²) in [6, 6.07) is 45.3. The number of aliphatic carboxylic acids is 2. The van der Waals surface area contributed by atoms with E-state index in [4.69, 9.17) is 24.6 Å². The van der Waals surface area contributed by atoms with Crippen molar-refractivity contribution >= 4 is 106 Å². The molecule has 10 aromatic rings. The summed E-state index contributed by atoms with van der Waals surface area (Å²) in [6.07, 6.45) is 0. The van der Waals surface area contributed by atoms with Crippen molar-refractivity contribution in [3.8, 4) is 22.5 Å². The minimum Gasteiger partial charge on any atom is -0.550 e. The van der Waals surface area contributed by atoms with Crippen LogP contribution >= 0.6 is 0 Å². The number of nitrogens with one attached hydrogen (secondary N) is 5. The van der Waals surface area contributed by atoms with Gasteiger partial charge in [0.05, 0.1) is 33.2 Å². The molecule has 89 heavy (non-hydrogen) atoms. The molecule has 0 spiro atoms. The van der Waals surface area contributed by atoms with Gasteiger partial charge in [-0.3, -0.25) is 33.3 Å². The van der Waals surface area contributed by atoms with Crippen molar-refractivity contribution in [3.63, 3.8) is 0 Å². The third-order valence-corrected chi connectivity index (χ3v) is 13.1. The third-order valence-electron chi connectivity index (χ3n) is 13.1. The number of para-hydroxylation sites is 2. The molecule has 12 rings (SSSR count). The van der Waals surface area contributed by atoms with Crippen LogP contribution in [-0.4, -0.2) is 134 Å². The van der Waals surface area contributed by atoms with Gasteiger partial charge >= 0.3 is 41.5 Å². The number of anilines is 2. The maximum atomic E-state index is 13.2. The first-order valence-corrected chi connectivity index (χ1v) is 26.9. The van der Waals surface area contributed by atoms with E-state index in [-0.39, 0.29) is 60.9 Å². The van der Waals surface area contributed by atoms with Crippen LogP contribution in [0.1, 0.15) is 48.7 Å². The molecule has 0 atom stereocenters. The van der Waals surface area contributed by atoms with Crippen LogP contribution in [0.2, 0.25) is 0 Å². The van der Waals surface area contributed by atoms with E-state index in [1.165, 1.54) is 0 Å². The Hall–Kier alpha value is -9.99. The van der Waals surface area contributed by atoms with Crippen LogP contribution in [0.5, 0.6) is 0 Å². The summed E-state index contributed by atoms with van der Waals surface area (Å²) in [7, 11) is 2.11. The number of nitrogens with zero attached hydrogens (tertiary/aromatic N) is 7. The van der Waals surface area contributed by atoms with E-state index in [9.17, 15) is 28.8 Å². The number of hydrogen-bond acceptors (Lipinski definition) is 18. The largest absolute Gasteiger partial charge is 1.00 e. The maximum absolute atomic E-state index is 13.2. The van der Waals surface area contributed by atoms with Gasteiger partial charge in [-0.2, -0.15) is 20.4 Å². The number of carbonyl (C=O) groups is 7. The summed E-state index contributed by atoms with van der Waals surface area (Å²) >= 11 is 0. The van der Waals surface area contributed by atoms with Gasteiger partial charge in [0, 0.05) is 130 Å². The zero-order valence-corrected chi connectivity index (χ0v) is 51.5. The summed E-state index contributed by atoms with van der Waals surface area (Å²) < 4.78 is 3.89. The zero-order valence-electron chi connectivity index (χ0n) is 49.5. The number of H-pyrrole nitrogens is 2. The van der Waals surface area contributed by atoms with Crippen molar-refractivity contribution in [2.75, 3.05) is 43.9 Å². The maximum Gasteiger partial charge on any atom is 1.00 e. The fourth-order valence-electron chi connectivity index (χ4n) is 9.37. The van der Waals surface area contributed by atoms with Gasteiger partial charge in [0.15, 0.2) is 11.4 Å². The Morgan fingerprint density at radius 3 is 1.21 bits per heavy atom. The van der Waals surface area contributed by atoms with Crippen LogP contribution < -0.4 is 61.7 Å². The molecule has 6 aromatic carbocycles. The van der Waals surface area contributed by atoms with Gasteiger partial charge in [-0.25, -0.2) is 29.6 Å². The van der Waals surface area contributed by atoms with Crippen molar-refractivity contribution in [1.82, 2.24) is 50.2 Å². The minimum absolute atomic E-state index is 0. The zero-order chi connectivity index (χ0) is 62.7. The molecule has 2 amide bonds. The summed E-state index contributed by atoms with van der Waals surface area (Å²) in [5, 5.41) is 52.9. The molecule has 2 aliphatic rings. The predicted octanol–water partition coefficient (Wildman–Crippen LogP) is 2.48. The number of carbonyl (C=O) groups excluding carboxylic acids is 6. The molecule has 2 saturated heterocycles. The molecule has 0 saturated carbocycles. The van der Waals surface area contributed by atoms with E-state index in [0.29, 0.717) is 56.8 Å². The number of carboxylic acids is 2. The van der Waals surface area contributed by atoms with Gasteiger partial charge in [0.1, 0.15) is 6.79 Å². The average molecular weight is 1220 g/mol. The minimum atomic E-state index is -1.08. The Balaban J connectivity index is 0.000000251. The van der Waals surface area contributed by atoms with Crippen LogP contribution in [0.4, 0.5) is 11.4 Å². The molecule has 451 valence electrons. The van der Waals surface area contributed by atoms with Gasteiger partial charge in [0.2, 0.25) is 0 Å². The molecular weight excluding hydrogens is 1150 g/mol. The van der Waals surface area contributed by atoms with Crippen molar-refractivity contribution in [1.29, 1.82) is 0 Å². The molecule has 2 aliphatic heterocycles. The molecule has 6 heterocycles. The van der Waals surface area contributed by atoms with Crippen molar-refractivity contribution in [2.24, 2.45) is 11.8 Å². The number of likely N-dealkylation sites (tertiary alicyclic amines) is 1. The van der Waals surface area contributed by atoms with E-state index in [0.717, 1.165) is 111 Å². The first-order chi connectivity index (χ1) is 41.8.